The molecule has 1 amide bonds. The molecule has 2 heterocycles. The van der Waals surface area contributed by atoms with Crippen molar-refractivity contribution in [1.82, 2.24) is 15.1 Å². The van der Waals surface area contributed by atoms with E-state index in [9.17, 15) is 13.6 Å². The van der Waals surface area contributed by atoms with Crippen molar-refractivity contribution in [3.63, 3.8) is 0 Å². The van der Waals surface area contributed by atoms with Gasteiger partial charge in [0.1, 0.15) is 5.69 Å². The fourth-order valence-electron chi connectivity index (χ4n) is 3.14. The van der Waals surface area contributed by atoms with Gasteiger partial charge in [-0.2, -0.15) is 13.9 Å². The maximum absolute atomic E-state index is 12.6. The fraction of sp³-hybridized carbons (Fsp3) is 0.444. The maximum Gasteiger partial charge on any atom is 0.333 e. The molecule has 0 bridgehead atoms. The van der Waals surface area contributed by atoms with Crippen LogP contribution < -0.4 is 5.32 Å². The second kappa shape index (κ2) is 7.31. The first-order chi connectivity index (χ1) is 12.0. The molecule has 0 saturated carbocycles. The second-order valence-corrected chi connectivity index (χ2v) is 6.40. The van der Waals surface area contributed by atoms with Crippen molar-refractivity contribution in [2.45, 2.75) is 31.7 Å². The van der Waals surface area contributed by atoms with Crippen molar-refractivity contribution in [1.29, 1.82) is 0 Å². The first kappa shape index (κ1) is 17.5. The number of ether oxygens (including phenoxy) is 1. The Kier molecular flexibility index (Phi) is 5.13. The number of halogens is 2. The van der Waals surface area contributed by atoms with Gasteiger partial charge in [0.05, 0.1) is 0 Å². The topological polar surface area (TPSA) is 56.2 Å². The summed E-state index contributed by atoms with van der Waals surface area (Å²) in [6.45, 7) is 0.949. The SMILES string of the molecule is Cc1ccc(C2(CNC(=O)c3ccn(C(F)F)n3)CCOCC2)cc1. The van der Waals surface area contributed by atoms with E-state index in [4.69, 9.17) is 4.74 Å². The third kappa shape index (κ3) is 3.87. The summed E-state index contributed by atoms with van der Waals surface area (Å²) < 4.78 is 31.1. The van der Waals surface area contributed by atoms with E-state index in [1.807, 2.05) is 6.92 Å². The predicted molar refractivity (Wildman–Crippen MR) is 88.7 cm³/mol. The average Bonchev–Trinajstić information content (AvgIpc) is 3.12. The third-order valence-corrected chi connectivity index (χ3v) is 4.74. The highest BCUT2D eigenvalue weighted by Crippen LogP contribution is 2.34. The minimum atomic E-state index is -2.75. The number of alkyl halides is 2. The highest BCUT2D eigenvalue weighted by atomic mass is 19.3. The summed E-state index contributed by atoms with van der Waals surface area (Å²) in [5, 5.41) is 6.47. The monoisotopic (exact) mass is 349 g/mol. The lowest BCUT2D eigenvalue weighted by Crippen LogP contribution is -2.44. The van der Waals surface area contributed by atoms with Gasteiger partial charge in [0.25, 0.3) is 5.91 Å². The molecule has 1 aromatic carbocycles. The number of amides is 1. The largest absolute Gasteiger partial charge is 0.381 e. The van der Waals surface area contributed by atoms with Crippen molar-refractivity contribution in [3.05, 3.63) is 53.3 Å². The van der Waals surface area contributed by atoms with Gasteiger partial charge in [-0.25, -0.2) is 4.68 Å². The number of hydrogen-bond donors (Lipinski definition) is 1. The Labute approximate surface area is 145 Å². The molecular weight excluding hydrogens is 328 g/mol. The number of aromatic nitrogens is 2. The molecule has 1 fully saturated rings. The molecule has 7 heteroatoms. The van der Waals surface area contributed by atoms with E-state index in [-0.39, 0.29) is 11.1 Å². The van der Waals surface area contributed by atoms with Crippen LogP contribution >= 0.6 is 0 Å². The number of nitrogens with one attached hydrogen (secondary N) is 1. The lowest BCUT2D eigenvalue weighted by atomic mass is 9.74. The molecule has 1 aliphatic heterocycles. The third-order valence-electron chi connectivity index (χ3n) is 4.74. The van der Waals surface area contributed by atoms with Crippen LogP contribution in [0.5, 0.6) is 0 Å². The van der Waals surface area contributed by atoms with Crippen molar-refractivity contribution >= 4 is 5.91 Å². The molecule has 0 aliphatic carbocycles. The number of nitrogens with zero attached hydrogens (tertiary/aromatic N) is 2. The van der Waals surface area contributed by atoms with E-state index < -0.39 is 12.5 Å². The maximum atomic E-state index is 12.6. The number of aryl methyl sites for hydroxylation is 1. The van der Waals surface area contributed by atoms with E-state index in [2.05, 4.69) is 34.7 Å². The van der Waals surface area contributed by atoms with Crippen LogP contribution in [0.15, 0.2) is 36.5 Å². The average molecular weight is 349 g/mol. The Bertz CT molecular complexity index is 722. The molecule has 1 N–H and O–H groups in total. The molecule has 5 nitrogen and oxygen atoms in total. The molecule has 25 heavy (non-hydrogen) atoms. The van der Waals surface area contributed by atoms with Gasteiger partial charge in [-0.15, -0.1) is 0 Å². The molecule has 1 saturated heterocycles. The van der Waals surface area contributed by atoms with E-state index in [0.29, 0.717) is 24.4 Å². The van der Waals surface area contributed by atoms with Gasteiger partial charge in [-0.3, -0.25) is 4.79 Å². The molecule has 0 atom stereocenters. The molecule has 134 valence electrons. The van der Waals surface area contributed by atoms with Gasteiger partial charge in [-0.1, -0.05) is 29.8 Å². The molecule has 1 aromatic heterocycles. The van der Waals surface area contributed by atoms with Crippen LogP contribution in [0.1, 0.15) is 41.0 Å². The van der Waals surface area contributed by atoms with Crippen LogP contribution in [0.25, 0.3) is 0 Å². The van der Waals surface area contributed by atoms with E-state index in [1.54, 1.807) is 0 Å². The first-order valence-corrected chi connectivity index (χ1v) is 8.27. The summed E-state index contributed by atoms with van der Waals surface area (Å²) in [4.78, 5) is 12.3. The molecule has 2 aromatic rings. The zero-order valence-electron chi connectivity index (χ0n) is 14.0. The van der Waals surface area contributed by atoms with Gasteiger partial charge in [-0.05, 0) is 31.4 Å². The molecule has 3 rings (SSSR count). The molecule has 0 unspecified atom stereocenters. The molecule has 0 radical (unpaired) electrons. The quantitative estimate of drug-likeness (QED) is 0.903. The van der Waals surface area contributed by atoms with Gasteiger partial charge in [0, 0.05) is 31.4 Å². The predicted octanol–water partition coefficient (Wildman–Crippen LogP) is 3.06. The standard InChI is InChI=1S/C18H21F2N3O2/c1-13-2-4-14(5-3-13)18(7-10-25-11-8-18)12-21-16(24)15-6-9-23(22-15)17(19)20/h2-6,9,17H,7-8,10-12H2,1H3,(H,21,24). The van der Waals surface area contributed by atoms with E-state index in [1.165, 1.54) is 11.6 Å². The van der Waals surface area contributed by atoms with Crippen LogP contribution in [0.2, 0.25) is 0 Å². The normalized spacial score (nSPS) is 16.8. The lowest BCUT2D eigenvalue weighted by molar-refractivity contribution is 0.0482. The summed E-state index contributed by atoms with van der Waals surface area (Å²) in [5.74, 6) is -0.447. The molecule has 1 aliphatic rings. The number of carbonyl (C=O) groups is 1. The van der Waals surface area contributed by atoms with Gasteiger partial charge in [0.15, 0.2) is 0 Å². The van der Waals surface area contributed by atoms with Gasteiger partial charge >= 0.3 is 6.55 Å². The summed E-state index contributed by atoms with van der Waals surface area (Å²) >= 11 is 0. The summed E-state index contributed by atoms with van der Waals surface area (Å²) in [5.41, 5.74) is 2.10. The Morgan fingerprint density at radius 3 is 2.56 bits per heavy atom. The minimum Gasteiger partial charge on any atom is -0.381 e. The Hall–Kier alpha value is -2.28. The van der Waals surface area contributed by atoms with Crippen molar-refractivity contribution in [3.8, 4) is 0 Å². The highest BCUT2D eigenvalue weighted by molar-refractivity contribution is 5.92. The van der Waals surface area contributed by atoms with Crippen LogP contribution in [0.4, 0.5) is 8.78 Å². The summed E-state index contributed by atoms with van der Waals surface area (Å²) in [6.07, 6.45) is 2.69. The van der Waals surface area contributed by atoms with Gasteiger partial charge in [0.2, 0.25) is 0 Å². The molecule has 0 spiro atoms. The number of carbonyl (C=O) groups excluding carboxylic acids is 1. The first-order valence-electron chi connectivity index (χ1n) is 8.27. The zero-order valence-corrected chi connectivity index (χ0v) is 14.0. The summed E-state index contributed by atoms with van der Waals surface area (Å²) in [7, 11) is 0. The second-order valence-electron chi connectivity index (χ2n) is 6.40. The van der Waals surface area contributed by atoms with Crippen molar-refractivity contribution < 1.29 is 18.3 Å². The number of hydrogen-bond acceptors (Lipinski definition) is 3. The lowest BCUT2D eigenvalue weighted by Gasteiger charge is -2.38. The number of benzene rings is 1. The van der Waals surface area contributed by atoms with Crippen LogP contribution in [0, 0.1) is 6.92 Å². The Morgan fingerprint density at radius 2 is 1.96 bits per heavy atom. The van der Waals surface area contributed by atoms with Crippen LogP contribution in [0.3, 0.4) is 0 Å². The van der Waals surface area contributed by atoms with Gasteiger partial charge < -0.3 is 10.1 Å². The fourth-order valence-corrected chi connectivity index (χ4v) is 3.14. The zero-order chi connectivity index (χ0) is 17.9. The highest BCUT2D eigenvalue weighted by Gasteiger charge is 2.35. The van der Waals surface area contributed by atoms with Crippen molar-refractivity contribution in [2.75, 3.05) is 19.8 Å². The van der Waals surface area contributed by atoms with E-state index >= 15 is 0 Å². The van der Waals surface area contributed by atoms with Crippen LogP contribution in [-0.2, 0) is 10.2 Å². The number of rotatable bonds is 5. The van der Waals surface area contributed by atoms with E-state index in [0.717, 1.165) is 24.6 Å². The Morgan fingerprint density at radius 1 is 1.28 bits per heavy atom. The van der Waals surface area contributed by atoms with Crippen LogP contribution in [-0.4, -0.2) is 35.4 Å². The summed E-state index contributed by atoms with van der Waals surface area (Å²) in [6, 6.07) is 9.57. The Balaban J connectivity index is 1.74. The smallest absolute Gasteiger partial charge is 0.333 e. The minimum absolute atomic E-state index is 0.00795. The molecular formula is C18H21F2N3O2. The van der Waals surface area contributed by atoms with Crippen molar-refractivity contribution in [2.24, 2.45) is 0 Å².